The molecule has 1 atom stereocenters. The van der Waals surface area contributed by atoms with Gasteiger partial charge in [-0.25, -0.2) is 0 Å². The molecule has 2 heterocycles. The number of fused-ring (bicyclic) bond motifs is 1. The molecule has 35 heavy (non-hydrogen) atoms. The average molecular weight is 486 g/mol. The molecule has 0 radical (unpaired) electrons. The zero-order valence-corrected chi connectivity index (χ0v) is 20.3. The highest BCUT2D eigenvalue weighted by Gasteiger charge is 2.37. The zero-order chi connectivity index (χ0) is 24.7. The van der Waals surface area contributed by atoms with Crippen LogP contribution in [0.1, 0.15) is 17.0 Å². The SMILES string of the molecule is COc1cccc(-c2cc(=O)n(C)c3ccc(C(N)(c4ccc(Cl)cc4)c4nncn4C)cc23)c1. The highest BCUT2D eigenvalue weighted by Crippen LogP contribution is 2.37. The van der Waals surface area contributed by atoms with Crippen molar-refractivity contribution in [1.82, 2.24) is 19.3 Å². The Labute approximate surface area is 207 Å². The average Bonchev–Trinajstić information content (AvgIpc) is 3.32. The summed E-state index contributed by atoms with van der Waals surface area (Å²) in [6.07, 6.45) is 1.62. The molecule has 1 unspecified atom stereocenters. The Morgan fingerprint density at radius 3 is 2.40 bits per heavy atom. The van der Waals surface area contributed by atoms with E-state index in [-0.39, 0.29) is 5.56 Å². The Morgan fingerprint density at radius 2 is 1.71 bits per heavy atom. The third-order valence-corrected chi connectivity index (χ3v) is 6.70. The lowest BCUT2D eigenvalue weighted by molar-refractivity contribution is 0.415. The molecule has 0 saturated carbocycles. The summed E-state index contributed by atoms with van der Waals surface area (Å²) in [7, 11) is 5.24. The number of methoxy groups -OCH3 is 1. The van der Waals surface area contributed by atoms with Gasteiger partial charge in [0, 0.05) is 30.6 Å². The van der Waals surface area contributed by atoms with Crippen molar-refractivity contribution in [3.8, 4) is 16.9 Å². The molecule has 0 fully saturated rings. The zero-order valence-electron chi connectivity index (χ0n) is 19.6. The highest BCUT2D eigenvalue weighted by atomic mass is 35.5. The maximum absolute atomic E-state index is 12.8. The molecule has 0 saturated heterocycles. The van der Waals surface area contributed by atoms with E-state index in [0.717, 1.165) is 33.2 Å². The molecule has 5 aromatic rings. The molecule has 3 aromatic carbocycles. The summed E-state index contributed by atoms with van der Waals surface area (Å²) in [5.74, 6) is 1.29. The maximum atomic E-state index is 12.8. The topological polar surface area (TPSA) is 88.0 Å². The van der Waals surface area contributed by atoms with Crippen molar-refractivity contribution < 1.29 is 4.74 Å². The number of ether oxygens (including phenoxy) is 1. The minimum absolute atomic E-state index is 0.104. The Bertz CT molecular complexity index is 1610. The number of halogens is 1. The largest absolute Gasteiger partial charge is 0.497 e. The minimum Gasteiger partial charge on any atom is -0.497 e. The molecule has 0 aliphatic heterocycles. The van der Waals surface area contributed by atoms with Crippen molar-refractivity contribution in [3.05, 3.63) is 111 Å². The first-order valence-corrected chi connectivity index (χ1v) is 11.4. The lowest BCUT2D eigenvalue weighted by Gasteiger charge is -2.30. The molecule has 2 N–H and O–H groups in total. The van der Waals surface area contributed by atoms with Gasteiger partial charge >= 0.3 is 0 Å². The minimum atomic E-state index is -1.12. The molecule has 7 nitrogen and oxygen atoms in total. The first-order chi connectivity index (χ1) is 16.8. The highest BCUT2D eigenvalue weighted by molar-refractivity contribution is 6.30. The fourth-order valence-corrected chi connectivity index (χ4v) is 4.64. The van der Waals surface area contributed by atoms with Crippen LogP contribution in [0.25, 0.3) is 22.0 Å². The van der Waals surface area contributed by atoms with E-state index >= 15 is 0 Å². The summed E-state index contributed by atoms with van der Waals surface area (Å²) >= 11 is 6.17. The summed E-state index contributed by atoms with van der Waals surface area (Å²) in [5, 5.41) is 9.93. The van der Waals surface area contributed by atoms with Gasteiger partial charge in [-0.1, -0.05) is 41.9 Å². The number of nitrogens with two attached hydrogens (primary N) is 1. The van der Waals surface area contributed by atoms with E-state index in [0.29, 0.717) is 16.6 Å². The van der Waals surface area contributed by atoms with Crippen LogP contribution in [-0.4, -0.2) is 26.4 Å². The van der Waals surface area contributed by atoms with Crippen LogP contribution in [0, 0.1) is 0 Å². The second kappa shape index (κ2) is 8.69. The predicted molar refractivity (Wildman–Crippen MR) is 138 cm³/mol. The quantitative estimate of drug-likeness (QED) is 0.402. The Kier molecular flexibility index (Phi) is 5.67. The van der Waals surface area contributed by atoms with Crippen LogP contribution in [-0.2, 0) is 19.6 Å². The molecule has 0 amide bonds. The number of hydrogen-bond donors (Lipinski definition) is 1. The van der Waals surface area contributed by atoms with E-state index in [9.17, 15) is 4.79 Å². The molecule has 2 aromatic heterocycles. The van der Waals surface area contributed by atoms with Crippen molar-refractivity contribution in [1.29, 1.82) is 0 Å². The monoisotopic (exact) mass is 485 g/mol. The van der Waals surface area contributed by atoms with Crippen LogP contribution in [0.4, 0.5) is 0 Å². The van der Waals surface area contributed by atoms with Gasteiger partial charge in [0.2, 0.25) is 0 Å². The summed E-state index contributed by atoms with van der Waals surface area (Å²) in [5.41, 5.74) is 10.0. The maximum Gasteiger partial charge on any atom is 0.251 e. The standard InChI is InChI=1S/C27H24ClN5O2/c1-32-16-30-31-26(32)27(29,18-7-10-20(28)11-8-18)19-9-12-24-23(14-19)22(15-25(34)33(24)2)17-5-4-6-21(13-17)35-3/h4-16H,29H2,1-3H3. The van der Waals surface area contributed by atoms with Gasteiger partial charge in [0.05, 0.1) is 12.6 Å². The summed E-state index contributed by atoms with van der Waals surface area (Å²) in [4.78, 5) is 12.8. The van der Waals surface area contributed by atoms with Crippen LogP contribution in [0.2, 0.25) is 5.02 Å². The molecule has 176 valence electrons. The Hall–Kier alpha value is -3.94. The number of hydrogen-bond acceptors (Lipinski definition) is 5. The van der Waals surface area contributed by atoms with E-state index < -0.39 is 5.54 Å². The molecule has 0 bridgehead atoms. The molecule has 0 aliphatic carbocycles. The molecular weight excluding hydrogens is 462 g/mol. The number of aryl methyl sites for hydroxylation is 2. The van der Waals surface area contributed by atoms with Crippen molar-refractivity contribution in [3.63, 3.8) is 0 Å². The third-order valence-electron chi connectivity index (χ3n) is 6.45. The lowest BCUT2D eigenvalue weighted by atomic mass is 9.81. The number of nitrogens with zero attached hydrogens (tertiary/aromatic N) is 4. The third kappa shape index (κ3) is 3.79. The van der Waals surface area contributed by atoms with Gasteiger partial charge in [0.25, 0.3) is 5.56 Å². The van der Waals surface area contributed by atoms with Gasteiger partial charge < -0.3 is 19.6 Å². The van der Waals surface area contributed by atoms with Gasteiger partial charge in [-0.2, -0.15) is 0 Å². The second-order valence-electron chi connectivity index (χ2n) is 8.50. The summed E-state index contributed by atoms with van der Waals surface area (Å²) in [6, 6.07) is 22.6. The fourth-order valence-electron chi connectivity index (χ4n) is 4.51. The summed E-state index contributed by atoms with van der Waals surface area (Å²) < 4.78 is 8.86. The molecule has 0 aliphatic rings. The lowest BCUT2D eigenvalue weighted by Crippen LogP contribution is -2.41. The molecule has 8 heteroatoms. The van der Waals surface area contributed by atoms with Gasteiger partial charge in [-0.15, -0.1) is 10.2 Å². The van der Waals surface area contributed by atoms with Gasteiger partial charge in [0.1, 0.15) is 17.6 Å². The Balaban J connectivity index is 1.83. The van der Waals surface area contributed by atoms with Gasteiger partial charge in [-0.05, 0) is 58.7 Å². The number of pyridine rings is 1. The second-order valence-corrected chi connectivity index (χ2v) is 8.94. The van der Waals surface area contributed by atoms with Crippen LogP contribution >= 0.6 is 11.6 Å². The van der Waals surface area contributed by atoms with Crippen molar-refractivity contribution in [2.75, 3.05) is 7.11 Å². The van der Waals surface area contributed by atoms with Crippen molar-refractivity contribution >= 4 is 22.5 Å². The molecular formula is C27H24ClN5O2. The van der Waals surface area contributed by atoms with Crippen LogP contribution < -0.4 is 16.0 Å². The summed E-state index contributed by atoms with van der Waals surface area (Å²) in [6.45, 7) is 0. The smallest absolute Gasteiger partial charge is 0.251 e. The van der Waals surface area contributed by atoms with Crippen LogP contribution in [0.3, 0.4) is 0 Å². The first-order valence-electron chi connectivity index (χ1n) is 11.0. The first kappa shape index (κ1) is 22.8. The molecule has 0 spiro atoms. The van der Waals surface area contributed by atoms with Crippen LogP contribution in [0.15, 0.2) is 83.9 Å². The van der Waals surface area contributed by atoms with Gasteiger partial charge in [-0.3, -0.25) is 4.79 Å². The van der Waals surface area contributed by atoms with E-state index in [4.69, 9.17) is 22.1 Å². The number of benzene rings is 3. The Morgan fingerprint density at radius 1 is 0.971 bits per heavy atom. The van der Waals surface area contributed by atoms with E-state index in [1.165, 1.54) is 0 Å². The normalized spacial score (nSPS) is 13.1. The van der Waals surface area contributed by atoms with Crippen LogP contribution in [0.5, 0.6) is 5.75 Å². The van der Waals surface area contributed by atoms with Crippen molar-refractivity contribution in [2.45, 2.75) is 5.54 Å². The molecule has 5 rings (SSSR count). The van der Waals surface area contributed by atoms with E-state index in [1.54, 1.807) is 43.3 Å². The predicted octanol–water partition coefficient (Wildman–Crippen LogP) is 4.25. The number of rotatable bonds is 5. The van der Waals surface area contributed by atoms with E-state index in [2.05, 4.69) is 10.2 Å². The van der Waals surface area contributed by atoms with Crippen molar-refractivity contribution in [2.24, 2.45) is 19.8 Å². The van der Waals surface area contributed by atoms with E-state index in [1.807, 2.05) is 66.2 Å². The van der Waals surface area contributed by atoms with Gasteiger partial charge in [0.15, 0.2) is 5.82 Å². The fraction of sp³-hybridized carbons (Fsp3) is 0.148. The number of aromatic nitrogens is 4.